The van der Waals surface area contributed by atoms with Gasteiger partial charge in [0.15, 0.2) is 0 Å². The minimum atomic E-state index is -0.0647. The molecule has 21 heavy (non-hydrogen) atoms. The Morgan fingerprint density at radius 3 is 1.38 bits per heavy atom. The Labute approximate surface area is 129 Å². The Hall–Kier alpha value is -1.47. The number of nitrogens with zero attached hydrogens (tertiary/aromatic N) is 3. The van der Waals surface area contributed by atoms with E-state index in [1.54, 1.807) is 0 Å². The molecule has 1 aromatic rings. The molecular weight excluding hydrogens is 258 g/mol. The van der Waals surface area contributed by atoms with Crippen LogP contribution in [0.25, 0.3) is 10.4 Å². The Balaban J connectivity index is 3.88. The molecule has 0 aliphatic carbocycles. The molecule has 0 fully saturated rings. The summed E-state index contributed by atoms with van der Waals surface area (Å²) in [6.07, 6.45) is 0. The zero-order valence-corrected chi connectivity index (χ0v) is 15.0. The standard InChI is InChI=1S/C18H29N3/c1-16(2,3)12-10-13(17(4,5)6)15(20-21-19)14(11-12)18(7,8)9/h10-11H,1-9H3. The molecule has 1 aromatic carbocycles. The second-order valence-corrected chi connectivity index (χ2v) is 8.86. The van der Waals surface area contributed by atoms with E-state index in [9.17, 15) is 0 Å². The molecule has 116 valence electrons. The smallest absolute Gasteiger partial charge is 0.0450 e. The van der Waals surface area contributed by atoms with Crippen LogP contribution in [-0.4, -0.2) is 0 Å². The van der Waals surface area contributed by atoms with Crippen molar-refractivity contribution in [2.45, 2.75) is 78.6 Å². The number of azide groups is 1. The molecule has 0 unspecified atom stereocenters. The summed E-state index contributed by atoms with van der Waals surface area (Å²) in [5.41, 5.74) is 13.3. The summed E-state index contributed by atoms with van der Waals surface area (Å²) in [6, 6.07) is 4.42. The first-order valence-electron chi connectivity index (χ1n) is 7.53. The van der Waals surface area contributed by atoms with E-state index in [1.807, 2.05) is 0 Å². The lowest BCUT2D eigenvalue weighted by molar-refractivity contribution is 0.550. The van der Waals surface area contributed by atoms with E-state index >= 15 is 0 Å². The van der Waals surface area contributed by atoms with E-state index in [4.69, 9.17) is 5.53 Å². The number of benzene rings is 1. The molecule has 0 amide bonds. The summed E-state index contributed by atoms with van der Waals surface area (Å²) < 4.78 is 0. The summed E-state index contributed by atoms with van der Waals surface area (Å²) in [5, 5.41) is 4.04. The van der Waals surface area contributed by atoms with Crippen LogP contribution in [0.4, 0.5) is 5.69 Å². The molecule has 0 aromatic heterocycles. The van der Waals surface area contributed by atoms with Crippen LogP contribution in [-0.2, 0) is 16.2 Å². The second kappa shape index (κ2) is 5.38. The highest BCUT2D eigenvalue weighted by Crippen LogP contribution is 2.42. The summed E-state index contributed by atoms with van der Waals surface area (Å²) >= 11 is 0. The van der Waals surface area contributed by atoms with E-state index in [2.05, 4.69) is 84.5 Å². The Kier molecular flexibility index (Phi) is 4.51. The van der Waals surface area contributed by atoms with Crippen molar-refractivity contribution in [2.75, 3.05) is 0 Å². The van der Waals surface area contributed by atoms with Gasteiger partial charge in [-0.2, -0.15) is 0 Å². The third-order valence-corrected chi connectivity index (χ3v) is 3.74. The van der Waals surface area contributed by atoms with Gasteiger partial charge in [0.2, 0.25) is 0 Å². The van der Waals surface area contributed by atoms with E-state index in [1.165, 1.54) is 5.56 Å². The highest BCUT2D eigenvalue weighted by atomic mass is 15.1. The summed E-state index contributed by atoms with van der Waals surface area (Å²) in [7, 11) is 0. The van der Waals surface area contributed by atoms with Crippen LogP contribution in [0.5, 0.6) is 0 Å². The Bertz CT molecular complexity index is 537. The van der Waals surface area contributed by atoms with Gasteiger partial charge in [0.1, 0.15) is 0 Å². The lowest BCUT2D eigenvalue weighted by Crippen LogP contribution is -2.21. The van der Waals surface area contributed by atoms with Gasteiger partial charge in [-0.25, -0.2) is 0 Å². The highest BCUT2D eigenvalue weighted by Gasteiger charge is 2.28. The maximum absolute atomic E-state index is 8.99. The third kappa shape index (κ3) is 4.01. The number of hydrogen-bond donors (Lipinski definition) is 0. The molecule has 0 saturated heterocycles. The van der Waals surface area contributed by atoms with E-state index in [0.717, 1.165) is 16.8 Å². The van der Waals surface area contributed by atoms with Crippen molar-refractivity contribution in [2.24, 2.45) is 5.11 Å². The average molecular weight is 287 g/mol. The van der Waals surface area contributed by atoms with Crippen LogP contribution < -0.4 is 0 Å². The van der Waals surface area contributed by atoms with Gasteiger partial charge < -0.3 is 0 Å². The summed E-state index contributed by atoms with van der Waals surface area (Å²) in [6.45, 7) is 19.6. The van der Waals surface area contributed by atoms with Crippen LogP contribution in [0.3, 0.4) is 0 Å². The quantitative estimate of drug-likeness (QED) is 0.320. The normalized spacial score (nSPS) is 13.0. The van der Waals surface area contributed by atoms with Crippen molar-refractivity contribution in [1.82, 2.24) is 0 Å². The van der Waals surface area contributed by atoms with Crippen molar-refractivity contribution >= 4 is 5.69 Å². The van der Waals surface area contributed by atoms with Crippen LogP contribution in [0.15, 0.2) is 17.2 Å². The van der Waals surface area contributed by atoms with Gasteiger partial charge in [-0.15, -0.1) is 0 Å². The van der Waals surface area contributed by atoms with Gasteiger partial charge in [0, 0.05) is 10.6 Å². The molecule has 0 N–H and O–H groups in total. The number of rotatable bonds is 1. The largest absolute Gasteiger partial charge is 0.0602 e. The lowest BCUT2D eigenvalue weighted by atomic mass is 9.74. The fourth-order valence-corrected chi connectivity index (χ4v) is 2.36. The molecule has 0 aliphatic heterocycles. The van der Waals surface area contributed by atoms with Crippen molar-refractivity contribution in [3.8, 4) is 0 Å². The first kappa shape index (κ1) is 17.6. The van der Waals surface area contributed by atoms with Gasteiger partial charge in [-0.1, -0.05) is 79.6 Å². The predicted octanol–water partition coefficient (Wildman–Crippen LogP) is 6.52. The first-order valence-corrected chi connectivity index (χ1v) is 7.53. The molecule has 1 rings (SSSR count). The molecule has 3 heteroatoms. The highest BCUT2D eigenvalue weighted by molar-refractivity contribution is 5.60. The van der Waals surface area contributed by atoms with E-state index < -0.39 is 0 Å². The first-order chi connectivity index (χ1) is 9.28. The van der Waals surface area contributed by atoms with Gasteiger partial charge in [-0.3, -0.25) is 0 Å². The Morgan fingerprint density at radius 1 is 0.762 bits per heavy atom. The van der Waals surface area contributed by atoms with Crippen molar-refractivity contribution in [1.29, 1.82) is 0 Å². The van der Waals surface area contributed by atoms with Crippen molar-refractivity contribution in [3.63, 3.8) is 0 Å². The fraction of sp³-hybridized carbons (Fsp3) is 0.667. The van der Waals surface area contributed by atoms with Crippen LogP contribution in [0, 0.1) is 0 Å². The lowest BCUT2D eigenvalue weighted by Gasteiger charge is -2.32. The molecular formula is C18H29N3. The summed E-state index contributed by atoms with van der Waals surface area (Å²) in [4.78, 5) is 3.07. The molecule has 0 bridgehead atoms. The molecule has 0 atom stereocenters. The topological polar surface area (TPSA) is 48.8 Å². The molecule has 0 heterocycles. The molecule has 3 nitrogen and oxygen atoms in total. The second-order valence-electron chi connectivity index (χ2n) is 8.86. The van der Waals surface area contributed by atoms with Crippen molar-refractivity contribution in [3.05, 3.63) is 39.3 Å². The Morgan fingerprint density at radius 2 is 1.14 bits per heavy atom. The van der Waals surface area contributed by atoms with Crippen LogP contribution in [0.2, 0.25) is 0 Å². The van der Waals surface area contributed by atoms with Crippen LogP contribution in [0.1, 0.15) is 79.0 Å². The molecule has 0 radical (unpaired) electrons. The van der Waals surface area contributed by atoms with Gasteiger partial charge >= 0.3 is 0 Å². The fourth-order valence-electron chi connectivity index (χ4n) is 2.36. The van der Waals surface area contributed by atoms with Gasteiger partial charge in [0.05, 0.1) is 0 Å². The predicted molar refractivity (Wildman–Crippen MR) is 91.3 cm³/mol. The van der Waals surface area contributed by atoms with Crippen LogP contribution >= 0.6 is 0 Å². The molecule has 0 spiro atoms. The number of hydrogen-bond acceptors (Lipinski definition) is 1. The van der Waals surface area contributed by atoms with Crippen molar-refractivity contribution < 1.29 is 0 Å². The maximum atomic E-state index is 8.99. The summed E-state index contributed by atoms with van der Waals surface area (Å²) in [5.74, 6) is 0. The SMILES string of the molecule is CC(C)(C)c1cc(C(C)(C)C)c(N=[N+]=[N-])c(C(C)(C)C)c1. The molecule has 0 saturated carbocycles. The monoisotopic (exact) mass is 287 g/mol. The van der Waals surface area contributed by atoms with Gasteiger partial charge in [-0.05, 0) is 38.5 Å². The van der Waals surface area contributed by atoms with E-state index in [-0.39, 0.29) is 16.2 Å². The third-order valence-electron chi connectivity index (χ3n) is 3.74. The minimum absolute atomic E-state index is 0.0644. The van der Waals surface area contributed by atoms with Gasteiger partial charge in [0.25, 0.3) is 0 Å². The zero-order chi connectivity index (χ0) is 16.6. The zero-order valence-electron chi connectivity index (χ0n) is 15.0. The average Bonchev–Trinajstić information content (AvgIpc) is 2.24. The molecule has 0 aliphatic rings. The minimum Gasteiger partial charge on any atom is -0.0602 e. The maximum Gasteiger partial charge on any atom is 0.0450 e. The van der Waals surface area contributed by atoms with E-state index in [0.29, 0.717) is 0 Å².